The van der Waals surface area contributed by atoms with Gasteiger partial charge in [-0.3, -0.25) is 4.79 Å². The van der Waals surface area contributed by atoms with Crippen molar-refractivity contribution in [2.45, 2.75) is 38.8 Å². The Morgan fingerprint density at radius 1 is 1.04 bits per heavy atom. The predicted molar refractivity (Wildman–Crippen MR) is 99.6 cm³/mol. The summed E-state index contributed by atoms with van der Waals surface area (Å²) in [5.41, 5.74) is 6.71. The average molecular weight is 349 g/mol. The van der Waals surface area contributed by atoms with Crippen molar-refractivity contribution < 1.29 is 9.53 Å². The van der Waals surface area contributed by atoms with Crippen LogP contribution in [0.3, 0.4) is 0 Å². The second-order valence-electron chi connectivity index (χ2n) is 5.79. The topological polar surface area (TPSA) is 64.4 Å². The first-order valence-corrected chi connectivity index (χ1v) is 7.92. The van der Waals surface area contributed by atoms with Gasteiger partial charge in [0.2, 0.25) is 5.91 Å². The molecule has 0 heterocycles. The number of rotatable bonds is 7. The maximum Gasteiger partial charge on any atom is 0.220 e. The molecule has 0 aromatic heterocycles. The first-order chi connectivity index (χ1) is 11.0. The van der Waals surface area contributed by atoms with E-state index in [0.29, 0.717) is 12.8 Å². The van der Waals surface area contributed by atoms with Crippen molar-refractivity contribution in [1.82, 2.24) is 5.32 Å². The van der Waals surface area contributed by atoms with Crippen LogP contribution in [0.4, 0.5) is 0 Å². The minimum Gasteiger partial charge on any atom is -0.457 e. The number of hydrogen-bond acceptors (Lipinski definition) is 3. The van der Waals surface area contributed by atoms with Crippen molar-refractivity contribution in [2.24, 2.45) is 5.73 Å². The number of nitrogens with two attached hydrogens (primary N) is 1. The highest BCUT2D eigenvalue weighted by molar-refractivity contribution is 5.85. The summed E-state index contributed by atoms with van der Waals surface area (Å²) in [6, 6.07) is 17.4. The van der Waals surface area contributed by atoms with Crippen LogP contribution in [0.25, 0.3) is 0 Å². The molecule has 3 N–H and O–H groups in total. The van der Waals surface area contributed by atoms with E-state index in [4.69, 9.17) is 10.5 Å². The van der Waals surface area contributed by atoms with Gasteiger partial charge >= 0.3 is 0 Å². The van der Waals surface area contributed by atoms with Crippen LogP contribution in [-0.2, 0) is 4.79 Å². The number of para-hydroxylation sites is 1. The van der Waals surface area contributed by atoms with Gasteiger partial charge in [-0.05, 0) is 50.1 Å². The molecular weight excluding hydrogens is 324 g/mol. The van der Waals surface area contributed by atoms with E-state index in [-0.39, 0.29) is 30.4 Å². The average Bonchev–Trinajstić information content (AvgIpc) is 2.54. The van der Waals surface area contributed by atoms with Gasteiger partial charge in [-0.2, -0.15) is 0 Å². The SMILES string of the molecule is CC(N)CCC(=O)NC(C)c1ccc(Oc2ccccc2)cc1.Cl. The summed E-state index contributed by atoms with van der Waals surface area (Å²) in [6.45, 7) is 3.87. The normalized spacial score (nSPS) is 12.6. The molecule has 0 saturated carbocycles. The van der Waals surface area contributed by atoms with Crippen molar-refractivity contribution >= 4 is 18.3 Å². The largest absolute Gasteiger partial charge is 0.457 e. The summed E-state index contributed by atoms with van der Waals surface area (Å²) < 4.78 is 5.76. The zero-order chi connectivity index (χ0) is 16.7. The monoisotopic (exact) mass is 348 g/mol. The van der Waals surface area contributed by atoms with E-state index in [9.17, 15) is 4.79 Å². The molecule has 0 saturated heterocycles. The predicted octanol–water partition coefficient (Wildman–Crippen LogP) is 4.21. The molecule has 0 spiro atoms. The molecule has 0 aliphatic rings. The fraction of sp³-hybridized carbons (Fsp3) is 0.316. The highest BCUT2D eigenvalue weighted by Crippen LogP contribution is 2.23. The van der Waals surface area contributed by atoms with E-state index < -0.39 is 0 Å². The van der Waals surface area contributed by atoms with Crippen molar-refractivity contribution in [3.05, 3.63) is 60.2 Å². The Balaban J connectivity index is 0.00000288. The van der Waals surface area contributed by atoms with Gasteiger partial charge in [0.05, 0.1) is 6.04 Å². The van der Waals surface area contributed by atoms with Crippen molar-refractivity contribution in [1.29, 1.82) is 0 Å². The standard InChI is InChI=1S/C19H24N2O2.ClH/c1-14(20)8-13-19(22)21-15(2)16-9-11-18(12-10-16)23-17-6-4-3-5-7-17;/h3-7,9-12,14-15H,8,13,20H2,1-2H3,(H,21,22);1H. The smallest absolute Gasteiger partial charge is 0.220 e. The van der Waals surface area contributed by atoms with Crippen LogP contribution in [0, 0.1) is 0 Å². The summed E-state index contributed by atoms with van der Waals surface area (Å²) in [5.74, 6) is 1.60. The molecule has 0 bridgehead atoms. The molecular formula is C19H25ClN2O2. The number of hydrogen-bond donors (Lipinski definition) is 2. The number of amides is 1. The molecule has 5 heteroatoms. The van der Waals surface area contributed by atoms with Gasteiger partial charge in [0.25, 0.3) is 0 Å². The Bertz CT molecular complexity index is 615. The second-order valence-corrected chi connectivity index (χ2v) is 5.79. The molecule has 0 fully saturated rings. The van der Waals surface area contributed by atoms with Gasteiger partial charge in [0.15, 0.2) is 0 Å². The molecule has 0 aliphatic carbocycles. The Hall–Kier alpha value is -2.04. The van der Waals surface area contributed by atoms with Gasteiger partial charge in [-0.1, -0.05) is 30.3 Å². The quantitative estimate of drug-likeness (QED) is 0.787. The van der Waals surface area contributed by atoms with Crippen LogP contribution in [0.15, 0.2) is 54.6 Å². The fourth-order valence-electron chi connectivity index (χ4n) is 2.20. The number of carbonyl (C=O) groups excluding carboxylic acids is 1. The maximum atomic E-state index is 11.8. The molecule has 2 aromatic rings. The molecule has 1 amide bonds. The number of ether oxygens (including phenoxy) is 1. The molecule has 0 aliphatic heterocycles. The number of nitrogens with one attached hydrogen (secondary N) is 1. The lowest BCUT2D eigenvalue weighted by atomic mass is 10.1. The summed E-state index contributed by atoms with van der Waals surface area (Å²) in [6.07, 6.45) is 1.15. The highest BCUT2D eigenvalue weighted by Gasteiger charge is 2.10. The minimum absolute atomic E-state index is 0. The van der Waals surface area contributed by atoms with Gasteiger partial charge in [-0.15, -0.1) is 12.4 Å². The lowest BCUT2D eigenvalue weighted by Crippen LogP contribution is -2.28. The zero-order valence-electron chi connectivity index (χ0n) is 14.1. The lowest BCUT2D eigenvalue weighted by molar-refractivity contribution is -0.121. The Labute approximate surface area is 149 Å². The minimum atomic E-state index is -0.0404. The summed E-state index contributed by atoms with van der Waals surface area (Å²) in [4.78, 5) is 11.8. The zero-order valence-corrected chi connectivity index (χ0v) is 14.9. The molecule has 130 valence electrons. The first-order valence-electron chi connectivity index (χ1n) is 7.92. The second kappa shape index (κ2) is 9.96. The van der Waals surface area contributed by atoms with E-state index >= 15 is 0 Å². The molecule has 2 atom stereocenters. The van der Waals surface area contributed by atoms with E-state index in [0.717, 1.165) is 17.1 Å². The molecule has 4 nitrogen and oxygen atoms in total. The number of benzene rings is 2. The molecule has 2 unspecified atom stereocenters. The van der Waals surface area contributed by atoms with Crippen LogP contribution in [-0.4, -0.2) is 11.9 Å². The van der Waals surface area contributed by atoms with Crippen LogP contribution in [0.5, 0.6) is 11.5 Å². The third-order valence-electron chi connectivity index (χ3n) is 3.56. The van der Waals surface area contributed by atoms with Gasteiger partial charge in [0, 0.05) is 12.5 Å². The summed E-state index contributed by atoms with van der Waals surface area (Å²) >= 11 is 0. The van der Waals surface area contributed by atoms with E-state index in [2.05, 4.69) is 5.32 Å². The highest BCUT2D eigenvalue weighted by atomic mass is 35.5. The third kappa shape index (κ3) is 6.60. The fourth-order valence-corrected chi connectivity index (χ4v) is 2.20. The lowest BCUT2D eigenvalue weighted by Gasteiger charge is -2.15. The summed E-state index contributed by atoms with van der Waals surface area (Å²) in [5, 5.41) is 2.99. The number of carbonyl (C=O) groups is 1. The van der Waals surface area contributed by atoms with E-state index in [1.165, 1.54) is 0 Å². The van der Waals surface area contributed by atoms with E-state index in [1.54, 1.807) is 0 Å². The summed E-state index contributed by atoms with van der Waals surface area (Å²) in [7, 11) is 0. The first kappa shape index (κ1) is 20.0. The van der Waals surface area contributed by atoms with Crippen molar-refractivity contribution in [2.75, 3.05) is 0 Å². The van der Waals surface area contributed by atoms with Crippen LogP contribution in [0.1, 0.15) is 38.3 Å². The Morgan fingerprint density at radius 2 is 1.62 bits per heavy atom. The van der Waals surface area contributed by atoms with Crippen molar-refractivity contribution in [3.8, 4) is 11.5 Å². The van der Waals surface area contributed by atoms with Crippen LogP contribution in [0.2, 0.25) is 0 Å². The molecule has 2 aromatic carbocycles. The molecule has 24 heavy (non-hydrogen) atoms. The van der Waals surface area contributed by atoms with Crippen LogP contribution < -0.4 is 15.8 Å². The van der Waals surface area contributed by atoms with Gasteiger partial charge in [0.1, 0.15) is 11.5 Å². The number of halogens is 1. The van der Waals surface area contributed by atoms with Gasteiger partial charge in [-0.25, -0.2) is 0 Å². The molecule has 2 rings (SSSR count). The Morgan fingerprint density at radius 3 is 2.21 bits per heavy atom. The van der Waals surface area contributed by atoms with Crippen molar-refractivity contribution in [3.63, 3.8) is 0 Å². The molecule has 0 radical (unpaired) electrons. The van der Waals surface area contributed by atoms with Crippen LogP contribution >= 0.6 is 12.4 Å². The van der Waals surface area contributed by atoms with Gasteiger partial charge < -0.3 is 15.8 Å². The maximum absolute atomic E-state index is 11.8. The third-order valence-corrected chi connectivity index (χ3v) is 3.56. The Kier molecular flexibility index (Phi) is 8.30. The van der Waals surface area contributed by atoms with E-state index in [1.807, 2.05) is 68.4 Å².